The number of aliphatic hydroxyl groups is 4. The molecule has 0 heterocycles. The van der Waals surface area contributed by atoms with Crippen LogP contribution in [0.25, 0.3) is 0 Å². The summed E-state index contributed by atoms with van der Waals surface area (Å²) >= 11 is 0. The van der Waals surface area contributed by atoms with Crippen molar-refractivity contribution in [1.29, 1.82) is 2.86 Å². The highest BCUT2D eigenvalue weighted by Gasteiger charge is 2.23. The molecule has 0 saturated heterocycles. The number of rotatable bonds is 12. The van der Waals surface area contributed by atoms with E-state index in [0.717, 1.165) is 0 Å². The highest BCUT2D eigenvalue weighted by molar-refractivity contribution is 5.41. The SMILES string of the molecule is [2H]C([2H])([2H])C(c1ccc(OCCO)cc1)(c1ccc(OCCO)cc1)C([2H])([2H])[2H].[2H]OC([2H])([2H])C1([2H])C([2H])([2H])C([2H])([2H])C([2H])(C([2H])([2H])O[2H])C([2H])([2H])C1([2H])[2H]. The van der Waals surface area contributed by atoms with E-state index in [1.54, 1.807) is 0 Å². The number of benzene rings is 2. The quantitative estimate of drug-likeness (QED) is 0.369. The van der Waals surface area contributed by atoms with Crippen LogP contribution in [-0.2, 0) is 5.41 Å². The summed E-state index contributed by atoms with van der Waals surface area (Å²) in [5, 5.41) is 24.9. The Balaban J connectivity index is 0.000000383. The largest absolute Gasteiger partial charge is 0.491 e. The van der Waals surface area contributed by atoms with Gasteiger partial charge in [-0.15, -0.1) is 0 Å². The molecule has 33 heavy (non-hydrogen) atoms. The van der Waals surface area contributed by atoms with Crippen LogP contribution in [0.15, 0.2) is 48.5 Å². The summed E-state index contributed by atoms with van der Waals surface area (Å²) in [7, 11) is 0. The van der Waals surface area contributed by atoms with Crippen molar-refractivity contribution >= 4 is 0 Å². The van der Waals surface area contributed by atoms with Gasteiger partial charge in [0.25, 0.3) is 0 Å². The van der Waals surface area contributed by atoms with Gasteiger partial charge in [-0.2, -0.15) is 0 Å². The van der Waals surface area contributed by atoms with Crippen molar-refractivity contribution < 1.29 is 57.3 Å². The van der Waals surface area contributed by atoms with E-state index < -0.39 is 69.5 Å². The predicted octanol–water partition coefficient (Wildman–Crippen LogP) is 3.53. The van der Waals surface area contributed by atoms with Crippen molar-refractivity contribution in [2.24, 2.45) is 11.8 Å². The molecule has 4 N–H and O–H groups in total. The zero-order valence-corrected chi connectivity index (χ0v) is 17.5. The van der Waals surface area contributed by atoms with E-state index in [1.165, 1.54) is 48.5 Å². The summed E-state index contributed by atoms with van der Waals surface area (Å²) in [5.74, 6) is -7.43. The Hall–Kier alpha value is -2.12. The van der Waals surface area contributed by atoms with Gasteiger partial charge in [0.05, 0.1) is 18.7 Å². The molecular weight excluding hydrogens is 420 g/mol. The fourth-order valence-electron chi connectivity index (χ4n) is 2.51. The third kappa shape index (κ3) is 8.63. The monoisotopic (exact) mass is 482 g/mol. The van der Waals surface area contributed by atoms with E-state index >= 15 is 0 Å². The molecule has 0 unspecified atom stereocenters. The molecule has 0 bridgehead atoms. The van der Waals surface area contributed by atoms with Crippen molar-refractivity contribution in [3.63, 3.8) is 0 Å². The minimum absolute atomic E-state index is 0.0678. The zero-order valence-electron chi connectivity index (χ0n) is 39.5. The van der Waals surface area contributed by atoms with Gasteiger partial charge in [-0.25, -0.2) is 0 Å². The molecule has 184 valence electrons. The van der Waals surface area contributed by atoms with Gasteiger partial charge in [0, 0.05) is 40.5 Å². The van der Waals surface area contributed by atoms with Gasteiger partial charge in [0.1, 0.15) is 24.7 Å². The molecule has 0 aromatic heterocycles. The maximum atomic E-state index is 8.85. The Morgan fingerprint density at radius 3 is 1.55 bits per heavy atom. The lowest BCUT2D eigenvalue weighted by Crippen LogP contribution is -2.19. The average Bonchev–Trinajstić information content (AvgIpc) is 3.08. The molecule has 6 heteroatoms. The van der Waals surface area contributed by atoms with Crippen LogP contribution in [0.4, 0.5) is 0 Å². The second kappa shape index (κ2) is 14.2. The van der Waals surface area contributed by atoms with E-state index in [0.29, 0.717) is 11.5 Å². The Morgan fingerprint density at radius 2 is 1.24 bits per heavy atom. The van der Waals surface area contributed by atoms with Crippen LogP contribution in [-0.4, -0.2) is 62.8 Å². The van der Waals surface area contributed by atoms with Crippen molar-refractivity contribution in [3.8, 4) is 11.5 Å². The van der Waals surface area contributed by atoms with E-state index in [1.807, 2.05) is 0 Å². The summed E-state index contributed by atoms with van der Waals surface area (Å²) in [5.41, 5.74) is -2.08. The highest BCUT2D eigenvalue weighted by atomic mass is 16.5. The minimum Gasteiger partial charge on any atom is -0.491 e. The smallest absolute Gasteiger partial charge is 0.210 e. The first-order valence-electron chi connectivity index (χ1n) is 20.5. The second-order valence-corrected chi connectivity index (χ2v) is 6.40. The zero-order chi connectivity index (χ0) is 43.1. The molecule has 3 rings (SSSR count). The fourth-order valence-corrected chi connectivity index (χ4v) is 2.51. The molecule has 1 fully saturated rings. The Labute approximate surface area is 228 Å². The molecule has 0 aliphatic heterocycles. The molecule has 0 atom stereocenters. The summed E-state index contributed by atoms with van der Waals surface area (Å²) in [4.78, 5) is 0. The van der Waals surface area contributed by atoms with Crippen molar-refractivity contribution in [2.75, 3.05) is 39.5 Å². The molecule has 1 aliphatic rings. The molecule has 0 radical (unpaired) electrons. The summed E-state index contributed by atoms with van der Waals surface area (Å²) in [6, 6.07) is 11.6. The second-order valence-electron chi connectivity index (χ2n) is 6.40. The van der Waals surface area contributed by atoms with E-state index in [2.05, 4.69) is 10.2 Å². The van der Waals surface area contributed by atoms with Gasteiger partial charge >= 0.3 is 0 Å². The molecular formula is C27H40O6. The highest BCUT2D eigenvalue weighted by Crippen LogP contribution is 2.33. The van der Waals surface area contributed by atoms with Gasteiger partial charge in [-0.05, 0) is 72.7 Å². The number of aliphatic hydroxyl groups excluding tert-OH is 2. The normalized spacial score (nSPS) is 40.2. The fraction of sp³-hybridized carbons (Fsp3) is 0.556. The standard InChI is InChI=1S/C19H24O4.C8H16O2/c1-19(2,15-3-7-17(8-4-15)22-13-11-20)16-5-9-18(10-6-16)23-14-12-21;9-5-7-1-2-8(6-10)4-3-7/h3-10,20-21H,11-14H2,1-2H3;7-10H,1-6H2/i1D3,2D3;1D2,2D2,3D2,4D2,5D2,6D2,7D,8D,9D,10D. The van der Waals surface area contributed by atoms with Gasteiger partial charge in [0.2, 0.25) is 2.86 Å². The van der Waals surface area contributed by atoms with E-state index in [4.69, 9.17) is 50.0 Å². The van der Waals surface area contributed by atoms with Crippen LogP contribution < -0.4 is 9.47 Å². The minimum atomic E-state index is -4.13. The molecule has 6 nitrogen and oxygen atoms in total. The topological polar surface area (TPSA) is 99.4 Å². The number of ether oxygens (including phenoxy) is 2. The molecule has 1 aliphatic carbocycles. The van der Waals surface area contributed by atoms with Gasteiger partial charge < -0.3 is 29.9 Å². The van der Waals surface area contributed by atoms with Gasteiger partial charge in [0.15, 0.2) is 0 Å². The van der Waals surface area contributed by atoms with E-state index in [-0.39, 0.29) is 37.6 Å². The lowest BCUT2D eigenvalue weighted by molar-refractivity contribution is 0.131. The first kappa shape index (κ1) is 9.50. The molecule has 0 spiro atoms. The van der Waals surface area contributed by atoms with Crippen LogP contribution in [0.3, 0.4) is 0 Å². The van der Waals surface area contributed by atoms with Crippen LogP contribution in [0.2, 0.25) is 0 Å². The first-order chi connectivity index (χ1) is 24.7. The molecule has 0 amide bonds. The summed E-state index contributed by atoms with van der Waals surface area (Å²) < 4.78 is 182. The lowest BCUT2D eigenvalue weighted by atomic mass is 9.78. The first-order valence-corrected chi connectivity index (χ1v) is 9.67. The molecule has 2 aromatic carbocycles. The Kier molecular flexibility index (Phi) is 4.09. The van der Waals surface area contributed by atoms with Gasteiger partial charge in [-0.1, -0.05) is 38.0 Å². The summed E-state index contributed by atoms with van der Waals surface area (Å²) in [6.45, 7) is -13.8. The molecule has 1 saturated carbocycles. The van der Waals surface area contributed by atoms with Crippen molar-refractivity contribution in [1.82, 2.24) is 0 Å². The van der Waals surface area contributed by atoms with Crippen LogP contribution in [0, 0.1) is 11.8 Å². The van der Waals surface area contributed by atoms with Gasteiger partial charge in [-0.3, -0.25) is 0 Å². The lowest BCUT2D eigenvalue weighted by Gasteiger charge is -2.26. The third-order valence-corrected chi connectivity index (χ3v) is 4.12. The average molecular weight is 483 g/mol. The number of hydrogen-bond donors (Lipinski definition) is 4. The van der Waals surface area contributed by atoms with E-state index in [9.17, 15) is 0 Å². The maximum absolute atomic E-state index is 8.85. The van der Waals surface area contributed by atoms with Crippen LogP contribution in [0.5, 0.6) is 11.5 Å². The summed E-state index contributed by atoms with van der Waals surface area (Å²) in [6.07, 6.45) is -16.5. The Bertz CT molecular complexity index is 1430. The third-order valence-electron chi connectivity index (χ3n) is 4.12. The number of hydrogen-bond acceptors (Lipinski definition) is 6. The predicted molar refractivity (Wildman–Crippen MR) is 130 cm³/mol. The van der Waals surface area contributed by atoms with Crippen molar-refractivity contribution in [3.05, 3.63) is 59.7 Å². The molecule has 2 aromatic rings. The maximum Gasteiger partial charge on any atom is 0.210 e. The Morgan fingerprint density at radius 1 is 0.848 bits per heavy atom. The van der Waals surface area contributed by atoms with Crippen LogP contribution >= 0.6 is 0 Å². The van der Waals surface area contributed by atoms with Crippen molar-refractivity contribution in [2.45, 2.75) is 44.6 Å². The van der Waals surface area contributed by atoms with Crippen LogP contribution in [0.1, 0.15) is 77.7 Å².